The number of ether oxygens (including phenoxy) is 1. The van der Waals surface area contributed by atoms with Crippen molar-refractivity contribution in [2.45, 2.75) is 29.6 Å². The molecule has 1 aromatic carbocycles. The molecule has 1 saturated carbocycles. The molecular weight excluding hydrogens is 236 g/mol. The second-order valence-electron chi connectivity index (χ2n) is 4.15. The molecule has 0 aliphatic heterocycles. The molecule has 0 bridgehead atoms. The second kappa shape index (κ2) is 5.48. The van der Waals surface area contributed by atoms with Crippen LogP contribution in [-0.4, -0.2) is 22.7 Å². The van der Waals surface area contributed by atoms with Gasteiger partial charge >= 0.3 is 0 Å². The van der Waals surface area contributed by atoms with E-state index in [0.717, 1.165) is 6.61 Å². The molecule has 2 rings (SSSR count). The van der Waals surface area contributed by atoms with Crippen LogP contribution < -0.4 is 0 Å². The number of hydrogen-bond donors (Lipinski definition) is 0. The third-order valence-electron chi connectivity index (χ3n) is 3.15. The molecule has 0 spiro atoms. The van der Waals surface area contributed by atoms with Crippen LogP contribution in [0.25, 0.3) is 0 Å². The summed E-state index contributed by atoms with van der Waals surface area (Å²) in [7, 11) is 0. The zero-order valence-corrected chi connectivity index (χ0v) is 11.4. The summed E-state index contributed by atoms with van der Waals surface area (Å²) in [6, 6.07) is 10.4. The zero-order valence-electron chi connectivity index (χ0n) is 9.81. The summed E-state index contributed by atoms with van der Waals surface area (Å²) in [6.07, 6.45) is 7.22. The maximum atomic E-state index is 5.90. The van der Waals surface area contributed by atoms with Crippen LogP contribution in [0.5, 0.6) is 0 Å². The molecule has 0 heterocycles. The van der Waals surface area contributed by atoms with E-state index in [0.29, 0.717) is 10.2 Å². The van der Waals surface area contributed by atoms with E-state index >= 15 is 0 Å². The molecule has 0 unspecified atom stereocenters. The Bertz CT molecular complexity index is 314. The fraction of sp³-hybridized carbons (Fsp3) is 0.538. The van der Waals surface area contributed by atoms with Gasteiger partial charge in [0.2, 0.25) is 0 Å². The maximum absolute atomic E-state index is 5.90. The van der Waals surface area contributed by atoms with Crippen LogP contribution in [0, 0.1) is 0 Å². The number of hydrogen-bond acceptors (Lipinski definition) is 3. The van der Waals surface area contributed by atoms with Crippen molar-refractivity contribution in [2.24, 2.45) is 0 Å². The Balaban J connectivity index is 1.74. The highest BCUT2D eigenvalue weighted by Gasteiger charge is 2.43. The van der Waals surface area contributed by atoms with E-state index in [1.54, 1.807) is 0 Å². The fourth-order valence-electron chi connectivity index (χ4n) is 1.96. The normalized spacial score (nSPS) is 19.4. The molecular formula is C13H18OS2. The summed E-state index contributed by atoms with van der Waals surface area (Å²) in [6.45, 7) is 0.754. The summed E-state index contributed by atoms with van der Waals surface area (Å²) in [5, 5.41) is 0. The van der Waals surface area contributed by atoms with Crippen LogP contribution in [0.2, 0.25) is 0 Å². The first-order chi connectivity index (χ1) is 7.78. The van der Waals surface area contributed by atoms with Gasteiger partial charge in [-0.3, -0.25) is 0 Å². The fourth-order valence-corrected chi connectivity index (χ4v) is 4.03. The van der Waals surface area contributed by atoms with E-state index in [2.05, 4.69) is 36.8 Å². The Morgan fingerprint density at radius 2 is 1.81 bits per heavy atom. The van der Waals surface area contributed by atoms with Gasteiger partial charge in [0, 0.05) is 0 Å². The predicted molar refractivity (Wildman–Crippen MR) is 74.0 cm³/mol. The van der Waals surface area contributed by atoms with Gasteiger partial charge in [-0.25, -0.2) is 0 Å². The lowest BCUT2D eigenvalue weighted by atomic mass is 9.94. The van der Waals surface area contributed by atoms with Gasteiger partial charge in [0.15, 0.2) is 0 Å². The molecule has 0 atom stereocenters. The van der Waals surface area contributed by atoms with E-state index < -0.39 is 0 Å². The first-order valence-electron chi connectivity index (χ1n) is 5.54. The summed E-state index contributed by atoms with van der Waals surface area (Å²) in [4.78, 5) is 0. The van der Waals surface area contributed by atoms with Crippen LogP contribution in [0.15, 0.2) is 30.3 Å². The lowest BCUT2D eigenvalue weighted by molar-refractivity contribution is -0.0108. The molecule has 0 aromatic heterocycles. The van der Waals surface area contributed by atoms with Gasteiger partial charge < -0.3 is 4.74 Å². The first kappa shape index (κ1) is 12.3. The number of benzene rings is 1. The maximum Gasteiger partial charge on any atom is 0.0720 e. The smallest absolute Gasteiger partial charge is 0.0720 e. The molecule has 1 fully saturated rings. The van der Waals surface area contributed by atoms with E-state index in [9.17, 15) is 0 Å². The Morgan fingerprint density at radius 1 is 1.19 bits per heavy atom. The van der Waals surface area contributed by atoms with E-state index in [4.69, 9.17) is 4.74 Å². The highest BCUT2D eigenvalue weighted by molar-refractivity contribution is 8.17. The van der Waals surface area contributed by atoms with Crippen LogP contribution in [0.1, 0.15) is 18.4 Å². The van der Waals surface area contributed by atoms with E-state index in [1.165, 1.54) is 18.4 Å². The Kier molecular flexibility index (Phi) is 4.22. The summed E-state index contributed by atoms with van der Waals surface area (Å²) >= 11 is 3.93. The summed E-state index contributed by atoms with van der Waals surface area (Å²) in [5.74, 6) is 0. The van der Waals surface area contributed by atoms with Crippen LogP contribution >= 0.6 is 23.5 Å². The SMILES string of the molecule is CSC1(SC)CC(OCc2ccccc2)C1. The van der Waals surface area contributed by atoms with Crippen molar-refractivity contribution in [1.82, 2.24) is 0 Å². The molecule has 1 aliphatic rings. The van der Waals surface area contributed by atoms with Gasteiger partial charge in [-0.2, -0.15) is 0 Å². The Morgan fingerprint density at radius 3 is 2.38 bits per heavy atom. The third-order valence-corrected chi connectivity index (χ3v) is 6.30. The second-order valence-corrected chi connectivity index (χ2v) is 6.78. The minimum Gasteiger partial charge on any atom is -0.373 e. The van der Waals surface area contributed by atoms with Crippen molar-refractivity contribution in [1.29, 1.82) is 0 Å². The van der Waals surface area contributed by atoms with Crippen molar-refractivity contribution in [3.8, 4) is 0 Å². The zero-order chi connectivity index (χ0) is 11.4. The van der Waals surface area contributed by atoms with E-state index in [-0.39, 0.29) is 0 Å². The average molecular weight is 254 g/mol. The van der Waals surface area contributed by atoms with E-state index in [1.807, 2.05) is 29.6 Å². The van der Waals surface area contributed by atoms with Gasteiger partial charge in [-0.05, 0) is 30.9 Å². The van der Waals surface area contributed by atoms with Crippen molar-refractivity contribution in [3.05, 3.63) is 35.9 Å². The minimum absolute atomic E-state index is 0.432. The highest BCUT2D eigenvalue weighted by Crippen LogP contribution is 2.51. The highest BCUT2D eigenvalue weighted by atomic mass is 32.2. The van der Waals surface area contributed by atoms with Crippen LogP contribution in [-0.2, 0) is 11.3 Å². The average Bonchev–Trinajstić information content (AvgIpc) is 2.30. The Labute approximate surface area is 106 Å². The summed E-state index contributed by atoms with van der Waals surface area (Å²) < 4.78 is 6.33. The summed E-state index contributed by atoms with van der Waals surface area (Å²) in [5.41, 5.74) is 1.27. The molecule has 88 valence electrons. The largest absolute Gasteiger partial charge is 0.373 e. The molecule has 1 nitrogen and oxygen atoms in total. The van der Waals surface area contributed by atoms with Gasteiger partial charge in [0.05, 0.1) is 16.8 Å². The predicted octanol–water partition coefficient (Wildman–Crippen LogP) is 3.79. The molecule has 0 radical (unpaired) electrons. The lowest BCUT2D eigenvalue weighted by Gasteiger charge is -2.45. The molecule has 16 heavy (non-hydrogen) atoms. The van der Waals surface area contributed by atoms with Gasteiger partial charge in [-0.15, -0.1) is 23.5 Å². The molecule has 1 aromatic rings. The quantitative estimate of drug-likeness (QED) is 0.740. The standard InChI is InChI=1S/C13H18OS2/c1-15-13(16-2)8-12(9-13)14-10-11-6-4-3-5-7-11/h3-7,12H,8-10H2,1-2H3. The Hall–Kier alpha value is -0.120. The number of thioether (sulfide) groups is 2. The molecule has 0 N–H and O–H groups in total. The molecule has 0 saturated heterocycles. The van der Waals surface area contributed by atoms with Crippen molar-refractivity contribution in [3.63, 3.8) is 0 Å². The molecule has 1 aliphatic carbocycles. The third kappa shape index (κ3) is 2.76. The van der Waals surface area contributed by atoms with Crippen molar-refractivity contribution in [2.75, 3.05) is 12.5 Å². The van der Waals surface area contributed by atoms with Crippen LogP contribution in [0.4, 0.5) is 0 Å². The van der Waals surface area contributed by atoms with Crippen molar-refractivity contribution < 1.29 is 4.74 Å². The van der Waals surface area contributed by atoms with Gasteiger partial charge in [-0.1, -0.05) is 30.3 Å². The topological polar surface area (TPSA) is 9.23 Å². The number of rotatable bonds is 5. The molecule has 0 amide bonds. The van der Waals surface area contributed by atoms with Crippen molar-refractivity contribution >= 4 is 23.5 Å². The molecule has 3 heteroatoms. The first-order valence-corrected chi connectivity index (χ1v) is 7.99. The monoisotopic (exact) mass is 254 g/mol. The van der Waals surface area contributed by atoms with Crippen LogP contribution in [0.3, 0.4) is 0 Å². The van der Waals surface area contributed by atoms with Gasteiger partial charge in [0.25, 0.3) is 0 Å². The van der Waals surface area contributed by atoms with Gasteiger partial charge in [0.1, 0.15) is 0 Å². The minimum atomic E-state index is 0.432. The lowest BCUT2D eigenvalue weighted by Crippen LogP contribution is -2.42.